The number of carbonyl (C=O) groups is 1. The van der Waals surface area contributed by atoms with Gasteiger partial charge in [-0.3, -0.25) is 24.2 Å². The van der Waals surface area contributed by atoms with Crippen molar-refractivity contribution in [3.8, 4) is 22.9 Å². The Labute approximate surface area is 229 Å². The SMILES string of the molecule is COCCn1c(C)c(C(=O)Cc2cc(F)c(Oc3ccnc4cc(OC)ccc34)cn2)c(=O)n1-c1ccccc1. The van der Waals surface area contributed by atoms with Crippen molar-refractivity contribution in [2.45, 2.75) is 19.9 Å². The highest BCUT2D eigenvalue weighted by Gasteiger charge is 2.24. The third-order valence-corrected chi connectivity index (χ3v) is 6.53. The molecule has 2 aromatic carbocycles. The molecule has 5 aromatic rings. The lowest BCUT2D eigenvalue weighted by molar-refractivity contribution is 0.0990. The van der Waals surface area contributed by atoms with E-state index in [0.717, 1.165) is 6.07 Å². The first-order chi connectivity index (χ1) is 19.4. The Hall–Kier alpha value is -4.83. The number of aromatic nitrogens is 4. The van der Waals surface area contributed by atoms with Crippen LogP contribution in [-0.2, 0) is 17.7 Å². The van der Waals surface area contributed by atoms with Crippen LogP contribution in [0.2, 0.25) is 0 Å². The van der Waals surface area contributed by atoms with Gasteiger partial charge >= 0.3 is 0 Å². The molecular weight excluding hydrogens is 515 g/mol. The Bertz CT molecular complexity index is 1750. The van der Waals surface area contributed by atoms with E-state index in [1.165, 1.54) is 10.9 Å². The van der Waals surface area contributed by atoms with Gasteiger partial charge in [0, 0.05) is 30.5 Å². The zero-order chi connectivity index (χ0) is 28.2. The summed E-state index contributed by atoms with van der Waals surface area (Å²) < 4.78 is 34.5. The molecule has 0 spiro atoms. The molecule has 5 rings (SSSR count). The molecule has 0 N–H and O–H groups in total. The zero-order valence-electron chi connectivity index (χ0n) is 22.3. The van der Waals surface area contributed by atoms with Gasteiger partial charge in [-0.05, 0) is 43.3 Å². The normalized spacial score (nSPS) is 11.1. The second kappa shape index (κ2) is 11.5. The van der Waals surface area contributed by atoms with Crippen molar-refractivity contribution in [1.29, 1.82) is 0 Å². The van der Waals surface area contributed by atoms with E-state index in [9.17, 15) is 9.59 Å². The Morgan fingerprint density at radius 3 is 2.52 bits per heavy atom. The molecule has 204 valence electrons. The number of benzene rings is 2. The lowest BCUT2D eigenvalue weighted by atomic mass is 10.1. The molecule has 10 heteroatoms. The second-order valence-electron chi connectivity index (χ2n) is 9.03. The van der Waals surface area contributed by atoms with Gasteiger partial charge in [0.2, 0.25) is 0 Å². The Morgan fingerprint density at radius 2 is 1.80 bits per heavy atom. The smallest absolute Gasteiger partial charge is 0.282 e. The summed E-state index contributed by atoms with van der Waals surface area (Å²) in [7, 11) is 3.13. The van der Waals surface area contributed by atoms with Gasteiger partial charge in [0.25, 0.3) is 5.56 Å². The van der Waals surface area contributed by atoms with Crippen LogP contribution in [0, 0.1) is 12.7 Å². The van der Waals surface area contributed by atoms with Crippen LogP contribution in [0.1, 0.15) is 21.7 Å². The van der Waals surface area contributed by atoms with Crippen molar-refractivity contribution in [2.24, 2.45) is 0 Å². The number of ketones is 1. The summed E-state index contributed by atoms with van der Waals surface area (Å²) in [5.74, 6) is -0.219. The lowest BCUT2D eigenvalue weighted by Gasteiger charge is -2.13. The van der Waals surface area contributed by atoms with Crippen LogP contribution >= 0.6 is 0 Å². The maximum absolute atomic E-state index is 15.1. The number of hydrogen-bond acceptors (Lipinski definition) is 7. The van der Waals surface area contributed by atoms with Gasteiger partial charge in [0.1, 0.15) is 17.1 Å². The minimum Gasteiger partial charge on any atom is -0.497 e. The summed E-state index contributed by atoms with van der Waals surface area (Å²) in [6.45, 7) is 2.43. The number of halogens is 1. The lowest BCUT2D eigenvalue weighted by Crippen LogP contribution is -2.25. The van der Waals surface area contributed by atoms with Crippen molar-refractivity contribution in [3.05, 3.63) is 106 Å². The molecule has 0 fully saturated rings. The fraction of sp³-hybridized carbons (Fsp3) is 0.200. The van der Waals surface area contributed by atoms with Crippen molar-refractivity contribution in [2.75, 3.05) is 20.8 Å². The number of fused-ring (bicyclic) bond motifs is 1. The number of ether oxygens (including phenoxy) is 3. The van der Waals surface area contributed by atoms with E-state index in [1.54, 1.807) is 68.4 Å². The number of para-hydroxylation sites is 1. The predicted molar refractivity (Wildman–Crippen MR) is 147 cm³/mol. The van der Waals surface area contributed by atoms with Crippen LogP contribution in [0.4, 0.5) is 4.39 Å². The molecule has 0 saturated heterocycles. The number of pyridine rings is 2. The van der Waals surface area contributed by atoms with Crippen molar-refractivity contribution >= 4 is 16.7 Å². The number of methoxy groups -OCH3 is 2. The summed E-state index contributed by atoms with van der Waals surface area (Å²) in [5, 5.41) is 0.671. The Morgan fingerprint density at radius 1 is 1.00 bits per heavy atom. The molecule has 3 aromatic heterocycles. The van der Waals surface area contributed by atoms with Crippen molar-refractivity contribution in [1.82, 2.24) is 19.3 Å². The van der Waals surface area contributed by atoms with Gasteiger partial charge in [0.05, 0.1) is 49.8 Å². The van der Waals surface area contributed by atoms with E-state index in [-0.39, 0.29) is 23.4 Å². The van der Waals surface area contributed by atoms with Gasteiger partial charge in [0.15, 0.2) is 17.3 Å². The predicted octanol–water partition coefficient (Wildman–Crippen LogP) is 4.90. The monoisotopic (exact) mass is 542 g/mol. The maximum Gasteiger partial charge on any atom is 0.282 e. The molecule has 0 aliphatic rings. The van der Waals surface area contributed by atoms with Gasteiger partial charge in [-0.25, -0.2) is 9.07 Å². The number of Topliss-reactive ketones (excluding diaryl/α,β-unsaturated/α-hetero) is 1. The first kappa shape index (κ1) is 26.8. The molecule has 0 atom stereocenters. The Kier molecular flexibility index (Phi) is 7.70. The molecule has 0 aliphatic heterocycles. The average Bonchev–Trinajstić information content (AvgIpc) is 3.22. The molecule has 0 unspecified atom stereocenters. The first-order valence-electron chi connectivity index (χ1n) is 12.6. The summed E-state index contributed by atoms with van der Waals surface area (Å²) in [5.41, 5.74) is 1.50. The standard InChI is InChI=1S/C30H27FN4O5/c1-19-29(30(37)35(34(19)13-14-38-2)21-7-5-4-6-8-21)26(36)16-20-15-24(31)28(18-33-20)40-27-11-12-32-25-17-22(39-3)9-10-23(25)27/h4-12,15,17-18H,13-14,16H2,1-3H3. The maximum atomic E-state index is 15.1. The van der Waals surface area contributed by atoms with Gasteiger partial charge in [-0.1, -0.05) is 18.2 Å². The van der Waals surface area contributed by atoms with E-state index < -0.39 is 17.2 Å². The molecule has 0 saturated carbocycles. The van der Waals surface area contributed by atoms with E-state index >= 15 is 4.39 Å². The first-order valence-corrected chi connectivity index (χ1v) is 12.6. The van der Waals surface area contributed by atoms with E-state index in [1.807, 2.05) is 18.2 Å². The minimum absolute atomic E-state index is 0.0289. The Balaban J connectivity index is 1.41. The minimum atomic E-state index is -0.688. The third-order valence-electron chi connectivity index (χ3n) is 6.53. The van der Waals surface area contributed by atoms with Crippen LogP contribution in [0.5, 0.6) is 17.2 Å². The number of hydrogen-bond donors (Lipinski definition) is 0. The molecule has 0 aliphatic carbocycles. The highest BCUT2D eigenvalue weighted by Crippen LogP contribution is 2.32. The molecule has 0 bridgehead atoms. The van der Waals surface area contributed by atoms with Gasteiger partial charge < -0.3 is 14.2 Å². The summed E-state index contributed by atoms with van der Waals surface area (Å²) >= 11 is 0. The molecule has 40 heavy (non-hydrogen) atoms. The zero-order valence-corrected chi connectivity index (χ0v) is 22.3. The van der Waals surface area contributed by atoms with Gasteiger partial charge in [-0.2, -0.15) is 0 Å². The number of carbonyl (C=O) groups excluding carboxylic acids is 1. The van der Waals surface area contributed by atoms with Crippen LogP contribution in [-0.4, -0.2) is 45.9 Å². The quantitative estimate of drug-likeness (QED) is 0.232. The largest absolute Gasteiger partial charge is 0.497 e. The topological polar surface area (TPSA) is 97.5 Å². The fourth-order valence-corrected chi connectivity index (χ4v) is 4.56. The van der Waals surface area contributed by atoms with Crippen LogP contribution in [0.25, 0.3) is 16.6 Å². The van der Waals surface area contributed by atoms with Crippen molar-refractivity contribution in [3.63, 3.8) is 0 Å². The fourth-order valence-electron chi connectivity index (χ4n) is 4.56. The van der Waals surface area contributed by atoms with Crippen LogP contribution in [0.15, 0.2) is 77.9 Å². The number of rotatable bonds is 10. The molecule has 0 radical (unpaired) electrons. The van der Waals surface area contributed by atoms with E-state index in [2.05, 4.69) is 9.97 Å². The highest BCUT2D eigenvalue weighted by molar-refractivity contribution is 5.98. The second-order valence-corrected chi connectivity index (χ2v) is 9.03. The molecule has 3 heterocycles. The molecular formula is C30H27FN4O5. The average molecular weight is 543 g/mol. The molecule has 0 amide bonds. The van der Waals surface area contributed by atoms with Crippen LogP contribution in [0.3, 0.4) is 0 Å². The summed E-state index contributed by atoms with van der Waals surface area (Å²) in [6, 6.07) is 17.1. The highest BCUT2D eigenvalue weighted by atomic mass is 19.1. The van der Waals surface area contributed by atoms with Gasteiger partial charge in [-0.15, -0.1) is 0 Å². The summed E-state index contributed by atoms with van der Waals surface area (Å²) in [4.78, 5) is 35.3. The molecule has 9 nitrogen and oxygen atoms in total. The third kappa shape index (κ3) is 5.21. The van der Waals surface area contributed by atoms with E-state index in [4.69, 9.17) is 14.2 Å². The van der Waals surface area contributed by atoms with Crippen molar-refractivity contribution < 1.29 is 23.4 Å². The summed E-state index contributed by atoms with van der Waals surface area (Å²) in [6.07, 6.45) is 2.53. The van der Waals surface area contributed by atoms with Crippen LogP contribution < -0.4 is 15.0 Å². The number of nitrogens with zero attached hydrogens (tertiary/aromatic N) is 4. The van der Waals surface area contributed by atoms with E-state index in [0.29, 0.717) is 46.9 Å².